The van der Waals surface area contributed by atoms with Gasteiger partial charge in [0.15, 0.2) is 0 Å². The molecule has 0 radical (unpaired) electrons. The van der Waals surface area contributed by atoms with Crippen molar-refractivity contribution >= 4 is 27.9 Å². The van der Waals surface area contributed by atoms with Crippen LogP contribution in [0.15, 0.2) is 6.33 Å². The molecule has 126 valence electrons. The number of aromatic nitrogens is 2. The second-order valence-corrected chi connectivity index (χ2v) is 7.06. The van der Waals surface area contributed by atoms with E-state index >= 15 is 0 Å². The molecule has 0 spiro atoms. The molecule has 1 fully saturated rings. The number of hydrogen-bond donors (Lipinski definition) is 3. The van der Waals surface area contributed by atoms with E-state index in [1.54, 1.807) is 11.9 Å². The summed E-state index contributed by atoms with van der Waals surface area (Å²) >= 11 is 0. The summed E-state index contributed by atoms with van der Waals surface area (Å²) in [5, 5.41) is 7.74. The predicted octanol–water partition coefficient (Wildman–Crippen LogP) is -0.784. The number of urea groups is 1. The van der Waals surface area contributed by atoms with Crippen molar-refractivity contribution in [2.24, 2.45) is 5.14 Å². The van der Waals surface area contributed by atoms with Gasteiger partial charge in [0, 0.05) is 26.2 Å². The van der Waals surface area contributed by atoms with Gasteiger partial charge in [-0.1, -0.05) is 0 Å². The van der Waals surface area contributed by atoms with Gasteiger partial charge in [0.25, 0.3) is 10.2 Å². The van der Waals surface area contributed by atoms with Crippen LogP contribution in [0.25, 0.3) is 0 Å². The lowest BCUT2D eigenvalue weighted by atomic mass is 10.1. The van der Waals surface area contributed by atoms with Gasteiger partial charge in [-0.25, -0.2) is 19.9 Å². The van der Waals surface area contributed by atoms with Crippen molar-refractivity contribution in [2.75, 3.05) is 30.4 Å². The van der Waals surface area contributed by atoms with Crippen LogP contribution in [-0.2, 0) is 16.8 Å². The Hall–Kier alpha value is -1.98. The average Bonchev–Trinajstić information content (AvgIpc) is 2.47. The molecule has 2 aliphatic rings. The quantitative estimate of drug-likeness (QED) is 0.660. The first-order chi connectivity index (χ1) is 10.8. The molecule has 10 nitrogen and oxygen atoms in total. The zero-order valence-corrected chi connectivity index (χ0v) is 13.5. The van der Waals surface area contributed by atoms with Gasteiger partial charge in [-0.15, -0.1) is 0 Å². The fourth-order valence-corrected chi connectivity index (χ4v) is 3.58. The maximum absolute atomic E-state index is 11.7. The van der Waals surface area contributed by atoms with Crippen LogP contribution in [0.3, 0.4) is 0 Å². The van der Waals surface area contributed by atoms with E-state index in [4.69, 9.17) is 5.14 Å². The number of carbonyl (C=O) groups is 1. The third-order valence-electron chi connectivity index (χ3n) is 4.02. The molecule has 11 heteroatoms. The molecular formula is C12H19N7O3S. The van der Waals surface area contributed by atoms with E-state index in [9.17, 15) is 13.2 Å². The summed E-state index contributed by atoms with van der Waals surface area (Å²) in [6.07, 6.45) is 2.70. The van der Waals surface area contributed by atoms with Crippen LogP contribution in [0.4, 0.5) is 16.4 Å². The molecule has 3 heterocycles. The van der Waals surface area contributed by atoms with Crippen molar-refractivity contribution in [3.05, 3.63) is 11.9 Å². The number of piperidine rings is 1. The average molecular weight is 341 g/mol. The number of amides is 2. The monoisotopic (exact) mass is 341 g/mol. The zero-order valence-electron chi connectivity index (χ0n) is 12.7. The summed E-state index contributed by atoms with van der Waals surface area (Å²) in [5.41, 5.74) is 0.868. The maximum atomic E-state index is 11.7. The molecule has 1 aromatic heterocycles. The number of nitrogens with one attached hydrogen (secondary N) is 2. The summed E-state index contributed by atoms with van der Waals surface area (Å²) in [5.74, 6) is 1.30. The Morgan fingerprint density at radius 1 is 1.35 bits per heavy atom. The molecule has 3 rings (SSSR count). The second kappa shape index (κ2) is 5.91. The van der Waals surface area contributed by atoms with Crippen molar-refractivity contribution in [1.29, 1.82) is 0 Å². The number of fused-ring (bicyclic) bond motifs is 1. The van der Waals surface area contributed by atoms with Crippen molar-refractivity contribution in [3.63, 3.8) is 0 Å². The Morgan fingerprint density at radius 2 is 2.04 bits per heavy atom. The van der Waals surface area contributed by atoms with Gasteiger partial charge in [-0.05, 0) is 12.8 Å². The highest BCUT2D eigenvalue weighted by Gasteiger charge is 2.28. The summed E-state index contributed by atoms with van der Waals surface area (Å²) in [6.45, 7) is 1.73. The minimum atomic E-state index is -3.68. The van der Waals surface area contributed by atoms with Crippen LogP contribution in [0.2, 0.25) is 0 Å². The van der Waals surface area contributed by atoms with Crippen LogP contribution in [0.5, 0.6) is 0 Å². The SMILES string of the molecule is CN1Cc2c(ncnc2N2CCC(NS(N)(=O)=O)CC2)NC1=O. The fourth-order valence-electron chi connectivity index (χ4n) is 2.88. The molecule has 0 saturated carbocycles. The Kier molecular flexibility index (Phi) is 4.08. The Labute approximate surface area is 134 Å². The topological polar surface area (TPSA) is 134 Å². The number of nitrogens with zero attached hydrogens (tertiary/aromatic N) is 4. The molecule has 2 amide bonds. The summed E-state index contributed by atoms with van der Waals surface area (Å²) in [7, 11) is -1.98. The second-order valence-electron chi connectivity index (χ2n) is 5.73. The van der Waals surface area contributed by atoms with Gasteiger partial charge in [-0.2, -0.15) is 13.1 Å². The number of anilines is 2. The van der Waals surface area contributed by atoms with E-state index in [1.165, 1.54) is 6.33 Å². The highest BCUT2D eigenvalue weighted by molar-refractivity contribution is 7.87. The van der Waals surface area contributed by atoms with E-state index in [0.717, 1.165) is 11.4 Å². The lowest BCUT2D eigenvalue weighted by molar-refractivity contribution is 0.218. The number of rotatable bonds is 3. The summed E-state index contributed by atoms with van der Waals surface area (Å²) in [6, 6.07) is -0.362. The van der Waals surface area contributed by atoms with Gasteiger partial charge < -0.3 is 9.80 Å². The first-order valence-corrected chi connectivity index (χ1v) is 8.79. The maximum Gasteiger partial charge on any atom is 0.323 e. The highest BCUT2D eigenvalue weighted by atomic mass is 32.2. The molecular weight excluding hydrogens is 322 g/mol. The Bertz CT molecular complexity index is 715. The Morgan fingerprint density at radius 3 is 2.70 bits per heavy atom. The van der Waals surface area contributed by atoms with E-state index in [0.29, 0.717) is 38.3 Å². The fraction of sp³-hybridized carbons (Fsp3) is 0.583. The van der Waals surface area contributed by atoms with Crippen LogP contribution in [-0.4, -0.2) is 55.5 Å². The minimum absolute atomic E-state index is 0.165. The molecule has 2 aliphatic heterocycles. The van der Waals surface area contributed by atoms with Crippen molar-refractivity contribution < 1.29 is 13.2 Å². The zero-order chi connectivity index (χ0) is 16.6. The first-order valence-electron chi connectivity index (χ1n) is 7.24. The lowest BCUT2D eigenvalue weighted by Crippen LogP contribution is -2.47. The van der Waals surface area contributed by atoms with Crippen LogP contribution in [0.1, 0.15) is 18.4 Å². The van der Waals surface area contributed by atoms with Gasteiger partial charge in [-0.3, -0.25) is 5.32 Å². The number of hydrogen-bond acceptors (Lipinski definition) is 6. The molecule has 0 unspecified atom stereocenters. The largest absolute Gasteiger partial charge is 0.356 e. The van der Waals surface area contributed by atoms with Crippen LogP contribution < -0.4 is 20.1 Å². The van der Waals surface area contributed by atoms with E-state index < -0.39 is 10.2 Å². The van der Waals surface area contributed by atoms with Gasteiger partial charge >= 0.3 is 6.03 Å². The molecule has 1 saturated heterocycles. The molecule has 0 atom stereocenters. The van der Waals surface area contributed by atoms with Crippen molar-refractivity contribution in [2.45, 2.75) is 25.4 Å². The van der Waals surface area contributed by atoms with Gasteiger partial charge in [0.2, 0.25) is 0 Å². The van der Waals surface area contributed by atoms with E-state index in [-0.39, 0.29) is 12.1 Å². The number of nitrogens with two attached hydrogens (primary N) is 1. The van der Waals surface area contributed by atoms with Crippen molar-refractivity contribution in [3.8, 4) is 0 Å². The van der Waals surface area contributed by atoms with Crippen LogP contribution in [0, 0.1) is 0 Å². The third-order valence-corrected chi connectivity index (χ3v) is 4.68. The molecule has 23 heavy (non-hydrogen) atoms. The van der Waals surface area contributed by atoms with E-state index in [2.05, 4.69) is 24.9 Å². The van der Waals surface area contributed by atoms with Crippen molar-refractivity contribution in [1.82, 2.24) is 19.6 Å². The first kappa shape index (κ1) is 15.9. The number of carbonyl (C=O) groups excluding carboxylic acids is 1. The summed E-state index contributed by atoms with van der Waals surface area (Å²) in [4.78, 5) is 23.8. The highest BCUT2D eigenvalue weighted by Crippen LogP contribution is 2.29. The van der Waals surface area contributed by atoms with Gasteiger partial charge in [0.05, 0.1) is 12.1 Å². The predicted molar refractivity (Wildman–Crippen MR) is 84.0 cm³/mol. The molecule has 0 aliphatic carbocycles. The third kappa shape index (κ3) is 3.51. The van der Waals surface area contributed by atoms with E-state index in [1.807, 2.05) is 0 Å². The smallest absolute Gasteiger partial charge is 0.323 e. The standard InChI is InChI=1S/C12H19N7O3S/c1-18-6-9-10(16-12(18)20)14-7-15-11(9)19-4-2-8(3-5-19)17-23(13,21)22/h7-8,17H,2-6H2,1H3,(H2,13,21,22)(H,14,15,16,20). The van der Waals surface area contributed by atoms with Crippen LogP contribution >= 0.6 is 0 Å². The molecule has 0 bridgehead atoms. The normalized spacial score (nSPS) is 19.5. The molecule has 4 N–H and O–H groups in total. The summed E-state index contributed by atoms with van der Waals surface area (Å²) < 4.78 is 24.6. The molecule has 1 aromatic rings. The minimum Gasteiger partial charge on any atom is -0.356 e. The lowest BCUT2D eigenvalue weighted by Gasteiger charge is -2.35. The van der Waals surface area contributed by atoms with Gasteiger partial charge in [0.1, 0.15) is 18.0 Å². The molecule has 0 aromatic carbocycles. The Balaban J connectivity index is 1.75.